The Morgan fingerprint density at radius 2 is 1.94 bits per heavy atom. The third-order valence-electron chi connectivity index (χ3n) is 3.20. The molecule has 1 saturated carbocycles. The van der Waals surface area contributed by atoms with Crippen molar-refractivity contribution < 1.29 is 14.7 Å². The predicted molar refractivity (Wildman–Crippen MR) is 60.2 cm³/mol. The first-order valence-electron chi connectivity index (χ1n) is 5.63. The molecule has 0 aliphatic heterocycles. The molecule has 1 aliphatic carbocycles. The van der Waals surface area contributed by atoms with E-state index in [4.69, 9.17) is 5.11 Å². The van der Waals surface area contributed by atoms with Crippen LogP contribution in [-0.4, -0.2) is 53.6 Å². The van der Waals surface area contributed by atoms with Crippen LogP contribution in [0.1, 0.15) is 26.2 Å². The monoisotopic (exact) mass is 228 g/mol. The van der Waals surface area contributed by atoms with E-state index in [1.54, 1.807) is 19.0 Å². The molecule has 1 aliphatic rings. The van der Waals surface area contributed by atoms with Gasteiger partial charge in [-0.15, -0.1) is 0 Å². The molecule has 1 unspecified atom stereocenters. The minimum atomic E-state index is -0.877. The van der Waals surface area contributed by atoms with Gasteiger partial charge < -0.3 is 14.9 Å². The van der Waals surface area contributed by atoms with Crippen molar-refractivity contribution in [2.75, 3.05) is 20.6 Å². The lowest BCUT2D eigenvalue weighted by Crippen LogP contribution is -2.44. The van der Waals surface area contributed by atoms with Crippen LogP contribution in [0.15, 0.2) is 0 Å². The Morgan fingerprint density at radius 3 is 2.38 bits per heavy atom. The van der Waals surface area contributed by atoms with Gasteiger partial charge in [0.05, 0.1) is 6.42 Å². The lowest BCUT2D eigenvalue weighted by molar-refractivity contribution is -0.137. The van der Waals surface area contributed by atoms with Crippen molar-refractivity contribution in [3.63, 3.8) is 0 Å². The number of carbonyl (C=O) groups is 2. The molecule has 0 spiro atoms. The van der Waals surface area contributed by atoms with E-state index in [0.717, 1.165) is 0 Å². The number of nitrogens with zero attached hydrogens (tertiary/aromatic N) is 2. The molecule has 0 bridgehead atoms. The Morgan fingerprint density at radius 1 is 1.38 bits per heavy atom. The second-order valence-electron chi connectivity index (χ2n) is 4.54. The van der Waals surface area contributed by atoms with E-state index in [2.05, 4.69) is 0 Å². The molecule has 0 aromatic rings. The van der Waals surface area contributed by atoms with Crippen LogP contribution in [0.4, 0.5) is 4.79 Å². The summed E-state index contributed by atoms with van der Waals surface area (Å²) in [7, 11) is 3.42. The summed E-state index contributed by atoms with van der Waals surface area (Å²) in [5, 5.41) is 8.54. The van der Waals surface area contributed by atoms with E-state index in [1.807, 2.05) is 6.92 Å². The Bertz CT molecular complexity index is 276. The number of rotatable bonds is 5. The zero-order chi connectivity index (χ0) is 12.3. The summed E-state index contributed by atoms with van der Waals surface area (Å²) in [6.07, 6.45) is 2.38. The van der Waals surface area contributed by atoms with E-state index in [9.17, 15) is 9.59 Å². The first-order valence-corrected chi connectivity index (χ1v) is 5.63. The maximum absolute atomic E-state index is 11.9. The Hall–Kier alpha value is -1.26. The summed E-state index contributed by atoms with van der Waals surface area (Å²) < 4.78 is 0. The maximum Gasteiger partial charge on any atom is 0.319 e. The van der Waals surface area contributed by atoms with Crippen molar-refractivity contribution in [1.29, 1.82) is 0 Å². The van der Waals surface area contributed by atoms with E-state index in [-0.39, 0.29) is 25.0 Å². The summed E-state index contributed by atoms with van der Waals surface area (Å²) in [5.41, 5.74) is 0. The fourth-order valence-corrected chi connectivity index (χ4v) is 1.70. The topological polar surface area (TPSA) is 60.9 Å². The minimum Gasteiger partial charge on any atom is -0.481 e. The molecule has 1 N–H and O–H groups in total. The summed E-state index contributed by atoms with van der Waals surface area (Å²) >= 11 is 0. The number of aliphatic carboxylic acids is 1. The minimum absolute atomic E-state index is 0.00606. The zero-order valence-corrected chi connectivity index (χ0v) is 10.1. The maximum atomic E-state index is 11.9. The molecule has 16 heavy (non-hydrogen) atoms. The average molecular weight is 228 g/mol. The van der Waals surface area contributed by atoms with E-state index >= 15 is 0 Å². The van der Waals surface area contributed by atoms with Gasteiger partial charge in [0.1, 0.15) is 0 Å². The van der Waals surface area contributed by atoms with Crippen LogP contribution >= 0.6 is 0 Å². The van der Waals surface area contributed by atoms with Gasteiger partial charge in [-0.25, -0.2) is 4.79 Å². The Balaban J connectivity index is 2.39. The van der Waals surface area contributed by atoms with Gasteiger partial charge in [0.2, 0.25) is 0 Å². The van der Waals surface area contributed by atoms with Crippen LogP contribution in [0.2, 0.25) is 0 Å². The average Bonchev–Trinajstić information content (AvgIpc) is 3.06. The zero-order valence-electron chi connectivity index (χ0n) is 10.1. The molecule has 1 fully saturated rings. The van der Waals surface area contributed by atoms with Gasteiger partial charge in [0, 0.05) is 26.7 Å². The Kier molecular flexibility index (Phi) is 4.15. The largest absolute Gasteiger partial charge is 0.481 e. The van der Waals surface area contributed by atoms with Gasteiger partial charge >= 0.3 is 12.0 Å². The highest BCUT2D eigenvalue weighted by atomic mass is 16.4. The molecule has 0 radical (unpaired) electrons. The van der Waals surface area contributed by atoms with Crippen molar-refractivity contribution in [1.82, 2.24) is 9.80 Å². The van der Waals surface area contributed by atoms with Gasteiger partial charge in [-0.2, -0.15) is 0 Å². The summed E-state index contributed by atoms with van der Waals surface area (Å²) in [5.74, 6) is -0.251. The molecular weight excluding hydrogens is 208 g/mol. The number of carboxylic acids is 1. The molecule has 2 amide bonds. The third-order valence-corrected chi connectivity index (χ3v) is 3.20. The lowest BCUT2D eigenvalue weighted by Gasteiger charge is -2.29. The van der Waals surface area contributed by atoms with Crippen molar-refractivity contribution in [2.45, 2.75) is 32.2 Å². The van der Waals surface area contributed by atoms with Gasteiger partial charge in [-0.05, 0) is 25.7 Å². The number of carbonyl (C=O) groups excluding carboxylic acids is 1. The molecule has 1 rings (SSSR count). The van der Waals surface area contributed by atoms with Crippen LogP contribution < -0.4 is 0 Å². The quantitative estimate of drug-likeness (QED) is 0.770. The smallest absolute Gasteiger partial charge is 0.319 e. The number of carboxylic acid groups (broad SMARTS) is 1. The number of amides is 2. The molecule has 1 atom stereocenters. The van der Waals surface area contributed by atoms with Crippen LogP contribution in [-0.2, 0) is 4.79 Å². The molecule has 0 aromatic carbocycles. The molecule has 0 saturated heterocycles. The first-order chi connectivity index (χ1) is 7.43. The lowest BCUT2D eigenvalue weighted by atomic mass is 10.2. The van der Waals surface area contributed by atoms with Crippen LogP contribution in [0, 0.1) is 5.92 Å². The van der Waals surface area contributed by atoms with E-state index in [1.165, 1.54) is 17.7 Å². The van der Waals surface area contributed by atoms with Crippen molar-refractivity contribution in [2.24, 2.45) is 5.92 Å². The highest BCUT2D eigenvalue weighted by Gasteiger charge is 2.33. The third kappa shape index (κ3) is 3.40. The molecule has 5 nitrogen and oxygen atoms in total. The molecule has 0 heterocycles. The van der Waals surface area contributed by atoms with Crippen LogP contribution in [0.5, 0.6) is 0 Å². The van der Waals surface area contributed by atoms with Gasteiger partial charge in [0.25, 0.3) is 0 Å². The normalized spacial score (nSPS) is 16.7. The van der Waals surface area contributed by atoms with E-state index in [0.29, 0.717) is 5.92 Å². The fourth-order valence-electron chi connectivity index (χ4n) is 1.70. The Labute approximate surface area is 96.0 Å². The van der Waals surface area contributed by atoms with Gasteiger partial charge in [0.15, 0.2) is 0 Å². The first kappa shape index (κ1) is 12.8. The second-order valence-corrected chi connectivity index (χ2v) is 4.54. The van der Waals surface area contributed by atoms with Gasteiger partial charge in [-0.3, -0.25) is 4.79 Å². The molecular formula is C11H20N2O3. The molecule has 92 valence electrons. The van der Waals surface area contributed by atoms with Crippen LogP contribution in [0.3, 0.4) is 0 Å². The van der Waals surface area contributed by atoms with Crippen LogP contribution in [0.25, 0.3) is 0 Å². The SMILES string of the molecule is CC(C1CC1)N(C)C(=O)N(C)CCC(=O)O. The number of hydrogen-bond donors (Lipinski definition) is 1. The highest BCUT2D eigenvalue weighted by molar-refractivity contribution is 5.75. The summed E-state index contributed by atoms with van der Waals surface area (Å²) in [6.45, 7) is 2.30. The summed E-state index contributed by atoms with van der Waals surface area (Å²) in [6, 6.07) is 0.153. The number of hydrogen-bond acceptors (Lipinski definition) is 2. The van der Waals surface area contributed by atoms with Crippen molar-refractivity contribution in [3.05, 3.63) is 0 Å². The van der Waals surface area contributed by atoms with Crippen molar-refractivity contribution in [3.8, 4) is 0 Å². The number of urea groups is 1. The summed E-state index contributed by atoms with van der Waals surface area (Å²) in [4.78, 5) is 25.5. The second kappa shape index (κ2) is 5.18. The van der Waals surface area contributed by atoms with Gasteiger partial charge in [-0.1, -0.05) is 0 Å². The molecule has 5 heteroatoms. The standard InChI is InChI=1S/C11H20N2O3/c1-8(9-4-5-9)13(3)11(16)12(2)7-6-10(14)15/h8-9H,4-7H2,1-3H3,(H,14,15). The highest BCUT2D eigenvalue weighted by Crippen LogP contribution is 2.34. The van der Waals surface area contributed by atoms with E-state index < -0.39 is 5.97 Å². The molecule has 0 aromatic heterocycles. The predicted octanol–water partition coefficient (Wildman–Crippen LogP) is 1.24. The fraction of sp³-hybridized carbons (Fsp3) is 0.818. The van der Waals surface area contributed by atoms with Crippen molar-refractivity contribution >= 4 is 12.0 Å².